The highest BCUT2D eigenvalue weighted by Crippen LogP contribution is 2.36. The fourth-order valence-electron chi connectivity index (χ4n) is 5.30. The van der Waals surface area contributed by atoms with Gasteiger partial charge in [0, 0.05) is 37.0 Å². The zero-order valence-corrected chi connectivity index (χ0v) is 21.3. The Balaban J connectivity index is 1.41. The highest BCUT2D eigenvalue weighted by molar-refractivity contribution is 5.60. The number of nitrogen functional groups attached to an aromatic ring is 1. The van der Waals surface area contributed by atoms with Gasteiger partial charge in [0.15, 0.2) is 0 Å². The first-order chi connectivity index (χ1) is 17.3. The maximum Gasteiger partial charge on any atom is 0.137 e. The maximum atomic E-state index is 15.9. The number of rotatable bonds is 7. The van der Waals surface area contributed by atoms with Gasteiger partial charge in [0.05, 0.1) is 18.2 Å². The van der Waals surface area contributed by atoms with E-state index in [-0.39, 0.29) is 24.2 Å². The lowest BCUT2D eigenvalue weighted by Gasteiger charge is -2.37. The summed E-state index contributed by atoms with van der Waals surface area (Å²) in [6.45, 7) is 10.6. The Labute approximate surface area is 211 Å². The Morgan fingerprint density at radius 3 is 2.61 bits per heavy atom. The SMILES string of the molecule is Cc1cc(-c2cn(CCN3CCC3)c([C@H]3CCN(c4ncnc(N)c4C(C)C)C[C@H]3F)n2)ccc1F. The summed E-state index contributed by atoms with van der Waals surface area (Å²) in [7, 11) is 0. The second kappa shape index (κ2) is 10.1. The second-order valence-electron chi connectivity index (χ2n) is 10.3. The van der Waals surface area contributed by atoms with Crippen LogP contribution in [0.15, 0.2) is 30.7 Å². The molecule has 2 aliphatic heterocycles. The van der Waals surface area contributed by atoms with Gasteiger partial charge < -0.3 is 20.1 Å². The molecule has 2 atom stereocenters. The Bertz CT molecular complexity index is 1220. The molecule has 2 aliphatic rings. The van der Waals surface area contributed by atoms with Crippen molar-refractivity contribution in [2.45, 2.75) is 58.2 Å². The van der Waals surface area contributed by atoms with Crippen LogP contribution in [0.2, 0.25) is 0 Å². The van der Waals surface area contributed by atoms with Crippen LogP contribution >= 0.6 is 0 Å². The van der Waals surface area contributed by atoms with Crippen LogP contribution in [-0.2, 0) is 6.54 Å². The van der Waals surface area contributed by atoms with Gasteiger partial charge in [-0.2, -0.15) is 0 Å². The summed E-state index contributed by atoms with van der Waals surface area (Å²) in [5.41, 5.74) is 9.20. The highest BCUT2D eigenvalue weighted by atomic mass is 19.1. The molecule has 0 bridgehead atoms. The topological polar surface area (TPSA) is 76.1 Å². The minimum Gasteiger partial charge on any atom is -0.383 e. The summed E-state index contributed by atoms with van der Waals surface area (Å²) in [6, 6.07) is 5.03. The third kappa shape index (κ3) is 4.81. The number of nitrogens with two attached hydrogens (primary N) is 1. The number of hydrogen-bond donors (Lipinski definition) is 1. The molecule has 0 spiro atoms. The minimum atomic E-state index is -1.11. The lowest BCUT2D eigenvalue weighted by molar-refractivity contribution is 0.172. The Hall–Kier alpha value is -3.07. The van der Waals surface area contributed by atoms with E-state index in [9.17, 15) is 4.39 Å². The van der Waals surface area contributed by atoms with Gasteiger partial charge in [-0.3, -0.25) is 0 Å². The molecule has 0 unspecified atom stereocenters. The molecule has 0 saturated carbocycles. The molecule has 4 heterocycles. The lowest BCUT2D eigenvalue weighted by Crippen LogP contribution is -2.43. The van der Waals surface area contributed by atoms with Gasteiger partial charge in [-0.05, 0) is 62.5 Å². The van der Waals surface area contributed by atoms with Crippen molar-refractivity contribution in [2.75, 3.05) is 43.4 Å². The summed E-state index contributed by atoms with van der Waals surface area (Å²) in [6.07, 6.45) is 4.19. The van der Waals surface area contributed by atoms with Gasteiger partial charge in [-0.15, -0.1) is 0 Å². The van der Waals surface area contributed by atoms with Crippen molar-refractivity contribution in [3.05, 3.63) is 53.5 Å². The Morgan fingerprint density at radius 1 is 1.14 bits per heavy atom. The summed E-state index contributed by atoms with van der Waals surface area (Å²) in [4.78, 5) is 17.9. The molecule has 7 nitrogen and oxygen atoms in total. The average Bonchev–Trinajstić information content (AvgIpc) is 3.23. The average molecular weight is 496 g/mol. The number of aryl methyl sites for hydroxylation is 1. The van der Waals surface area contributed by atoms with Crippen molar-refractivity contribution >= 4 is 11.6 Å². The van der Waals surface area contributed by atoms with E-state index in [2.05, 4.69) is 19.4 Å². The van der Waals surface area contributed by atoms with E-state index in [0.717, 1.165) is 54.6 Å². The monoisotopic (exact) mass is 495 g/mol. The normalized spacial score (nSPS) is 20.7. The van der Waals surface area contributed by atoms with Crippen LogP contribution in [-0.4, -0.2) is 63.3 Å². The van der Waals surface area contributed by atoms with Crippen LogP contribution < -0.4 is 10.6 Å². The van der Waals surface area contributed by atoms with Crippen LogP contribution in [0, 0.1) is 12.7 Å². The van der Waals surface area contributed by atoms with Crippen molar-refractivity contribution in [3.63, 3.8) is 0 Å². The molecule has 0 aliphatic carbocycles. The third-order valence-corrected chi connectivity index (χ3v) is 7.51. The summed E-state index contributed by atoms with van der Waals surface area (Å²) < 4.78 is 31.8. The van der Waals surface area contributed by atoms with Crippen LogP contribution in [0.5, 0.6) is 0 Å². The van der Waals surface area contributed by atoms with Crippen LogP contribution in [0.4, 0.5) is 20.4 Å². The van der Waals surface area contributed by atoms with Gasteiger partial charge in [-0.1, -0.05) is 13.8 Å². The summed E-state index contributed by atoms with van der Waals surface area (Å²) >= 11 is 0. The van der Waals surface area contributed by atoms with Gasteiger partial charge in [0.1, 0.15) is 35.8 Å². The van der Waals surface area contributed by atoms with Crippen molar-refractivity contribution < 1.29 is 8.78 Å². The first-order valence-corrected chi connectivity index (χ1v) is 12.9. The smallest absolute Gasteiger partial charge is 0.137 e. The number of aromatic nitrogens is 4. The zero-order chi connectivity index (χ0) is 25.4. The molecule has 2 saturated heterocycles. The Morgan fingerprint density at radius 2 is 1.94 bits per heavy atom. The van der Waals surface area contributed by atoms with E-state index in [1.54, 1.807) is 13.0 Å². The van der Waals surface area contributed by atoms with Crippen LogP contribution in [0.1, 0.15) is 55.5 Å². The molecule has 192 valence electrons. The predicted octanol–water partition coefficient (Wildman–Crippen LogP) is 4.53. The molecule has 0 radical (unpaired) electrons. The molecule has 2 N–H and O–H groups in total. The molecule has 5 rings (SSSR count). The quantitative estimate of drug-likeness (QED) is 0.519. The van der Waals surface area contributed by atoms with E-state index in [4.69, 9.17) is 10.7 Å². The number of nitrogens with zero attached hydrogens (tertiary/aromatic N) is 6. The highest BCUT2D eigenvalue weighted by Gasteiger charge is 2.35. The number of alkyl halides is 1. The Kier molecular flexibility index (Phi) is 6.92. The minimum absolute atomic E-state index is 0.138. The predicted molar refractivity (Wildman–Crippen MR) is 138 cm³/mol. The van der Waals surface area contributed by atoms with Crippen molar-refractivity contribution in [1.82, 2.24) is 24.4 Å². The lowest BCUT2D eigenvalue weighted by atomic mass is 9.93. The standard InChI is InChI=1S/C27H35F2N7/c1-17(2)24-25(30)31-16-32-27(24)35-10-7-20(22(29)14-35)26-33-23(19-5-6-21(28)18(3)13-19)15-36(26)12-11-34-8-4-9-34/h5-6,13,15-17,20,22H,4,7-12,14H2,1-3H3,(H2,30,31,32)/t20-,22+/m0/s1. The van der Waals surface area contributed by atoms with Gasteiger partial charge in [0.25, 0.3) is 0 Å². The third-order valence-electron chi connectivity index (χ3n) is 7.51. The number of hydrogen-bond acceptors (Lipinski definition) is 6. The van der Waals surface area contributed by atoms with E-state index in [1.807, 2.05) is 31.0 Å². The molecular formula is C27H35F2N7. The first-order valence-electron chi connectivity index (χ1n) is 12.9. The number of anilines is 2. The molecule has 36 heavy (non-hydrogen) atoms. The van der Waals surface area contributed by atoms with Gasteiger partial charge in [0.2, 0.25) is 0 Å². The van der Waals surface area contributed by atoms with Gasteiger partial charge in [-0.25, -0.2) is 23.7 Å². The molecule has 2 aromatic heterocycles. The van der Waals surface area contributed by atoms with Gasteiger partial charge >= 0.3 is 0 Å². The van der Waals surface area contributed by atoms with E-state index < -0.39 is 6.17 Å². The number of piperidine rings is 1. The largest absolute Gasteiger partial charge is 0.383 e. The van der Waals surface area contributed by atoms with Crippen LogP contribution in [0.3, 0.4) is 0 Å². The fourth-order valence-corrected chi connectivity index (χ4v) is 5.30. The van der Waals surface area contributed by atoms with E-state index in [1.165, 1.54) is 18.8 Å². The molecule has 9 heteroatoms. The number of imidazole rings is 1. The zero-order valence-electron chi connectivity index (χ0n) is 21.3. The summed E-state index contributed by atoms with van der Waals surface area (Å²) in [5, 5.41) is 0. The van der Waals surface area contributed by atoms with Crippen molar-refractivity contribution in [3.8, 4) is 11.3 Å². The van der Waals surface area contributed by atoms with Crippen LogP contribution in [0.25, 0.3) is 11.3 Å². The molecule has 3 aromatic rings. The fraction of sp³-hybridized carbons (Fsp3) is 0.519. The number of benzene rings is 1. The van der Waals surface area contributed by atoms with Crippen molar-refractivity contribution in [2.24, 2.45) is 0 Å². The molecular weight excluding hydrogens is 460 g/mol. The molecule has 2 fully saturated rings. The first kappa shape index (κ1) is 24.6. The molecule has 0 amide bonds. The summed E-state index contributed by atoms with van der Waals surface area (Å²) in [5.74, 6) is 1.52. The second-order valence-corrected chi connectivity index (χ2v) is 10.3. The number of likely N-dealkylation sites (tertiary alicyclic amines) is 1. The van der Waals surface area contributed by atoms with Crippen molar-refractivity contribution in [1.29, 1.82) is 0 Å². The van der Waals surface area contributed by atoms with E-state index in [0.29, 0.717) is 24.3 Å². The molecule has 1 aromatic carbocycles. The maximum absolute atomic E-state index is 15.9. The number of halogens is 2. The van der Waals surface area contributed by atoms with E-state index >= 15 is 4.39 Å².